The SMILES string of the molecule is Cc1c(C(=O)OCc2ccccc2)[nH]c2c1C(=O)C[C@@H](c1cccs1)C2. The van der Waals surface area contributed by atoms with Gasteiger partial charge in [-0.3, -0.25) is 4.79 Å². The van der Waals surface area contributed by atoms with Crippen LogP contribution in [0.25, 0.3) is 0 Å². The van der Waals surface area contributed by atoms with Crippen LogP contribution in [0.4, 0.5) is 0 Å². The molecule has 4 nitrogen and oxygen atoms in total. The number of benzene rings is 1. The van der Waals surface area contributed by atoms with Crippen LogP contribution in [0.5, 0.6) is 0 Å². The molecule has 4 rings (SSSR count). The summed E-state index contributed by atoms with van der Waals surface area (Å²) >= 11 is 1.67. The van der Waals surface area contributed by atoms with Crippen LogP contribution < -0.4 is 0 Å². The molecule has 132 valence electrons. The van der Waals surface area contributed by atoms with Gasteiger partial charge in [-0.15, -0.1) is 11.3 Å². The number of carbonyl (C=O) groups is 2. The summed E-state index contributed by atoms with van der Waals surface area (Å²) in [5.41, 5.74) is 3.55. The molecular formula is C21H19NO3S. The number of Topliss-reactive ketones (excluding diaryl/α,β-unsaturated/α-hetero) is 1. The van der Waals surface area contributed by atoms with Crippen LogP contribution in [0.2, 0.25) is 0 Å². The molecular weight excluding hydrogens is 346 g/mol. The van der Waals surface area contributed by atoms with Crippen molar-refractivity contribution in [3.05, 3.63) is 80.8 Å². The average Bonchev–Trinajstić information content (AvgIpc) is 3.29. The molecule has 0 radical (unpaired) electrons. The molecule has 2 heterocycles. The smallest absolute Gasteiger partial charge is 0.355 e. The number of nitrogens with one attached hydrogen (secondary N) is 1. The van der Waals surface area contributed by atoms with Crippen molar-refractivity contribution in [2.45, 2.75) is 32.3 Å². The van der Waals surface area contributed by atoms with Crippen molar-refractivity contribution in [1.29, 1.82) is 0 Å². The van der Waals surface area contributed by atoms with Crippen LogP contribution >= 0.6 is 11.3 Å². The standard InChI is InChI=1S/C21H19NO3S/c1-13-19-16(10-15(11-17(19)23)18-8-5-9-26-18)22-20(13)21(24)25-12-14-6-3-2-4-7-14/h2-9,15,22H,10-12H2,1H3/t15-/m0/s1. The predicted molar refractivity (Wildman–Crippen MR) is 101 cm³/mol. The Kier molecular flexibility index (Phi) is 4.47. The molecule has 0 saturated carbocycles. The lowest BCUT2D eigenvalue weighted by Crippen LogP contribution is -2.17. The van der Waals surface area contributed by atoms with Crippen molar-refractivity contribution in [1.82, 2.24) is 4.98 Å². The molecule has 0 saturated heterocycles. The Morgan fingerprint density at radius 2 is 2.00 bits per heavy atom. The van der Waals surface area contributed by atoms with E-state index in [-0.39, 0.29) is 18.3 Å². The van der Waals surface area contributed by atoms with Gasteiger partial charge in [0, 0.05) is 28.5 Å². The second-order valence-corrected chi connectivity index (χ2v) is 7.56. The molecule has 0 bridgehead atoms. The van der Waals surface area contributed by atoms with Gasteiger partial charge in [-0.2, -0.15) is 0 Å². The minimum absolute atomic E-state index is 0.0977. The molecule has 0 aliphatic heterocycles. The van der Waals surface area contributed by atoms with Gasteiger partial charge < -0.3 is 9.72 Å². The van der Waals surface area contributed by atoms with E-state index in [0.717, 1.165) is 17.7 Å². The Morgan fingerprint density at radius 3 is 2.73 bits per heavy atom. The number of rotatable bonds is 4. The summed E-state index contributed by atoms with van der Waals surface area (Å²) in [5.74, 6) is -0.136. The molecule has 0 spiro atoms. The highest BCUT2D eigenvalue weighted by molar-refractivity contribution is 7.10. The van der Waals surface area contributed by atoms with Gasteiger partial charge in [-0.25, -0.2) is 4.79 Å². The summed E-state index contributed by atoms with van der Waals surface area (Å²) in [6.07, 6.45) is 1.24. The summed E-state index contributed by atoms with van der Waals surface area (Å²) < 4.78 is 5.43. The lowest BCUT2D eigenvalue weighted by Gasteiger charge is -2.20. The van der Waals surface area contributed by atoms with Gasteiger partial charge in [0.25, 0.3) is 0 Å². The van der Waals surface area contributed by atoms with Gasteiger partial charge in [0.2, 0.25) is 0 Å². The predicted octanol–water partition coefficient (Wildman–Crippen LogP) is 4.65. The van der Waals surface area contributed by atoms with Crippen LogP contribution in [0.15, 0.2) is 47.8 Å². The number of thiophene rings is 1. The molecule has 1 aliphatic carbocycles. The molecule has 1 atom stereocenters. The Labute approximate surface area is 155 Å². The fourth-order valence-electron chi connectivity index (χ4n) is 3.56. The molecule has 5 heteroatoms. The summed E-state index contributed by atoms with van der Waals surface area (Å²) in [5, 5.41) is 2.03. The molecule has 0 fully saturated rings. The summed E-state index contributed by atoms with van der Waals surface area (Å²) in [6.45, 7) is 2.03. The van der Waals surface area contributed by atoms with Crippen molar-refractivity contribution >= 4 is 23.1 Å². The second-order valence-electron chi connectivity index (χ2n) is 6.58. The second kappa shape index (κ2) is 6.92. The Balaban J connectivity index is 1.55. The van der Waals surface area contributed by atoms with Crippen LogP contribution in [-0.4, -0.2) is 16.7 Å². The minimum atomic E-state index is -0.416. The highest BCUT2D eigenvalue weighted by atomic mass is 32.1. The quantitative estimate of drug-likeness (QED) is 0.685. The van der Waals surface area contributed by atoms with E-state index in [0.29, 0.717) is 23.2 Å². The molecule has 26 heavy (non-hydrogen) atoms. The van der Waals surface area contributed by atoms with Crippen molar-refractivity contribution in [3.63, 3.8) is 0 Å². The zero-order valence-electron chi connectivity index (χ0n) is 14.5. The van der Waals surface area contributed by atoms with Crippen LogP contribution in [-0.2, 0) is 17.8 Å². The Morgan fingerprint density at radius 1 is 1.19 bits per heavy atom. The fraction of sp³-hybridized carbons (Fsp3) is 0.238. The van der Waals surface area contributed by atoms with Gasteiger partial charge in [0.1, 0.15) is 12.3 Å². The van der Waals surface area contributed by atoms with Gasteiger partial charge in [0.05, 0.1) is 0 Å². The first kappa shape index (κ1) is 16.8. The lowest BCUT2D eigenvalue weighted by molar-refractivity contribution is 0.0465. The third kappa shape index (κ3) is 3.10. The number of hydrogen-bond donors (Lipinski definition) is 1. The van der Waals surface area contributed by atoms with Crippen molar-refractivity contribution in [2.75, 3.05) is 0 Å². The van der Waals surface area contributed by atoms with E-state index in [1.54, 1.807) is 11.3 Å². The Hall–Kier alpha value is -2.66. The number of fused-ring (bicyclic) bond motifs is 1. The molecule has 1 aliphatic rings. The van der Waals surface area contributed by atoms with Gasteiger partial charge >= 0.3 is 5.97 Å². The van der Waals surface area contributed by atoms with E-state index in [9.17, 15) is 9.59 Å². The first-order valence-corrected chi connectivity index (χ1v) is 9.50. The Bertz CT molecular complexity index is 941. The molecule has 1 N–H and O–H groups in total. The van der Waals surface area contributed by atoms with Gasteiger partial charge in [-0.05, 0) is 35.9 Å². The van der Waals surface area contributed by atoms with Crippen LogP contribution in [0, 0.1) is 6.92 Å². The highest BCUT2D eigenvalue weighted by Crippen LogP contribution is 2.36. The van der Waals surface area contributed by atoms with E-state index < -0.39 is 5.97 Å². The third-order valence-electron chi connectivity index (χ3n) is 4.85. The monoisotopic (exact) mass is 365 g/mol. The van der Waals surface area contributed by atoms with E-state index >= 15 is 0 Å². The number of aromatic nitrogens is 1. The number of carbonyl (C=O) groups excluding carboxylic acids is 2. The molecule has 0 amide bonds. The van der Waals surface area contributed by atoms with E-state index in [1.165, 1.54) is 4.88 Å². The largest absolute Gasteiger partial charge is 0.456 e. The number of esters is 1. The number of aromatic amines is 1. The van der Waals surface area contributed by atoms with Crippen LogP contribution in [0.3, 0.4) is 0 Å². The zero-order chi connectivity index (χ0) is 18.1. The average molecular weight is 365 g/mol. The molecule has 2 aromatic heterocycles. The van der Waals surface area contributed by atoms with Gasteiger partial charge in [0.15, 0.2) is 5.78 Å². The first-order valence-electron chi connectivity index (χ1n) is 8.62. The maximum atomic E-state index is 12.7. The first-order chi connectivity index (χ1) is 12.6. The maximum absolute atomic E-state index is 12.7. The van der Waals surface area contributed by atoms with Crippen LogP contribution in [0.1, 0.15) is 54.9 Å². The topological polar surface area (TPSA) is 59.2 Å². The summed E-state index contributed by atoms with van der Waals surface area (Å²) in [7, 11) is 0. The normalized spacial score (nSPS) is 16.3. The number of ether oxygens (including phenoxy) is 1. The summed E-state index contributed by atoms with van der Waals surface area (Å²) in [4.78, 5) is 29.6. The number of hydrogen-bond acceptors (Lipinski definition) is 4. The summed E-state index contributed by atoms with van der Waals surface area (Å²) in [6, 6.07) is 13.6. The van der Waals surface area contributed by atoms with Gasteiger partial charge in [-0.1, -0.05) is 36.4 Å². The lowest BCUT2D eigenvalue weighted by atomic mass is 9.84. The zero-order valence-corrected chi connectivity index (χ0v) is 15.3. The number of H-pyrrole nitrogens is 1. The van der Waals surface area contributed by atoms with Crippen molar-refractivity contribution < 1.29 is 14.3 Å². The fourth-order valence-corrected chi connectivity index (χ4v) is 4.39. The van der Waals surface area contributed by atoms with E-state index in [1.807, 2.05) is 48.7 Å². The van der Waals surface area contributed by atoms with E-state index in [2.05, 4.69) is 11.1 Å². The molecule has 1 aromatic carbocycles. The molecule has 0 unspecified atom stereocenters. The number of ketones is 1. The minimum Gasteiger partial charge on any atom is -0.456 e. The highest BCUT2D eigenvalue weighted by Gasteiger charge is 2.32. The van der Waals surface area contributed by atoms with E-state index in [4.69, 9.17) is 4.74 Å². The van der Waals surface area contributed by atoms with Crippen molar-refractivity contribution in [2.24, 2.45) is 0 Å². The maximum Gasteiger partial charge on any atom is 0.355 e. The van der Waals surface area contributed by atoms with Crippen molar-refractivity contribution in [3.8, 4) is 0 Å². The third-order valence-corrected chi connectivity index (χ3v) is 5.89. The molecule has 3 aromatic rings.